The molecule has 0 spiro atoms. The van der Waals surface area contributed by atoms with Gasteiger partial charge < -0.3 is 21.7 Å². The number of rotatable bonds is 6. The quantitative estimate of drug-likeness (QED) is 0.595. The van der Waals surface area contributed by atoms with Crippen LogP contribution >= 0.6 is 23.2 Å². The minimum absolute atomic E-state index is 0. The fourth-order valence-electron chi connectivity index (χ4n) is 1.95. The first kappa shape index (κ1) is 24.4. The molecule has 0 radical (unpaired) electrons. The van der Waals surface area contributed by atoms with Gasteiger partial charge in [0, 0.05) is 16.1 Å². The fraction of sp³-hybridized carbons (Fsp3) is 0.316. The van der Waals surface area contributed by atoms with Crippen LogP contribution in [0.25, 0.3) is 0 Å². The maximum absolute atomic E-state index is 10.4. The summed E-state index contributed by atoms with van der Waals surface area (Å²) in [4.78, 5) is 10.4. The highest BCUT2D eigenvalue weighted by atomic mass is 35.5. The lowest BCUT2D eigenvalue weighted by Gasteiger charge is -2.07. The number of hydrogen-bond donors (Lipinski definition) is 4. The fourth-order valence-corrected chi connectivity index (χ4v) is 2.20. The van der Waals surface area contributed by atoms with Crippen molar-refractivity contribution in [2.75, 3.05) is 6.61 Å². The summed E-state index contributed by atoms with van der Waals surface area (Å²) in [7, 11) is 0. The van der Waals surface area contributed by atoms with Crippen LogP contribution in [0.3, 0.4) is 0 Å². The molecule has 0 aliphatic carbocycles. The molecule has 7 heteroatoms. The van der Waals surface area contributed by atoms with Crippen LogP contribution in [0.4, 0.5) is 0 Å². The second-order valence-corrected chi connectivity index (χ2v) is 6.42. The molecule has 0 heterocycles. The number of aliphatic carboxylic acids is 1. The predicted molar refractivity (Wildman–Crippen MR) is 108 cm³/mol. The van der Waals surface area contributed by atoms with E-state index in [1.54, 1.807) is 24.3 Å². The van der Waals surface area contributed by atoms with Gasteiger partial charge in [-0.2, -0.15) is 0 Å². The van der Waals surface area contributed by atoms with Crippen LogP contribution < -0.4 is 11.5 Å². The Bertz CT molecular complexity index is 649. The van der Waals surface area contributed by atoms with Gasteiger partial charge in [0.05, 0.1) is 6.61 Å². The maximum atomic E-state index is 10.4. The zero-order valence-corrected chi connectivity index (χ0v) is 15.1. The Morgan fingerprint density at radius 1 is 0.885 bits per heavy atom. The van der Waals surface area contributed by atoms with E-state index < -0.39 is 12.0 Å². The van der Waals surface area contributed by atoms with Crippen molar-refractivity contribution < 1.29 is 15.0 Å². The third-order valence-corrected chi connectivity index (χ3v) is 3.84. The molecule has 0 bridgehead atoms. The largest absolute Gasteiger partial charge is 0.480 e. The lowest BCUT2D eigenvalue weighted by Crippen LogP contribution is -2.32. The van der Waals surface area contributed by atoms with Crippen LogP contribution in [0.5, 0.6) is 0 Å². The van der Waals surface area contributed by atoms with Crippen LogP contribution in [0.2, 0.25) is 10.0 Å². The molecule has 0 fully saturated rings. The van der Waals surface area contributed by atoms with E-state index in [-0.39, 0.29) is 20.1 Å². The lowest BCUT2D eigenvalue weighted by atomic mass is 10.1. The molecule has 5 nitrogen and oxygen atoms in total. The topological polar surface area (TPSA) is 110 Å². The third-order valence-electron chi connectivity index (χ3n) is 3.33. The molecule has 144 valence electrons. The number of carbonyl (C=O) groups is 1. The number of hydrogen-bond acceptors (Lipinski definition) is 4. The van der Waals surface area contributed by atoms with Gasteiger partial charge in [-0.1, -0.05) is 54.9 Å². The maximum Gasteiger partial charge on any atom is 0.320 e. The summed E-state index contributed by atoms with van der Waals surface area (Å²) in [5.41, 5.74) is 12.9. The van der Waals surface area contributed by atoms with Crippen molar-refractivity contribution in [3.05, 3.63) is 69.7 Å². The van der Waals surface area contributed by atoms with E-state index >= 15 is 0 Å². The van der Waals surface area contributed by atoms with E-state index in [4.69, 9.17) is 44.9 Å². The van der Waals surface area contributed by atoms with Gasteiger partial charge in [-0.05, 0) is 48.2 Å². The lowest BCUT2D eigenvalue weighted by molar-refractivity contribution is -0.138. The number of halogens is 2. The highest BCUT2D eigenvalue weighted by Crippen LogP contribution is 2.11. The number of nitrogens with two attached hydrogens (primary N) is 2. The van der Waals surface area contributed by atoms with Crippen LogP contribution in [0.1, 0.15) is 18.6 Å². The second-order valence-electron chi connectivity index (χ2n) is 5.55. The Balaban J connectivity index is 0.000000464. The van der Waals surface area contributed by atoms with Crippen LogP contribution in [0.15, 0.2) is 48.5 Å². The molecule has 0 saturated carbocycles. The molecule has 2 atom stereocenters. The normalized spacial score (nSPS) is 12.2. The van der Waals surface area contributed by atoms with Gasteiger partial charge in [0.1, 0.15) is 6.04 Å². The minimum Gasteiger partial charge on any atom is -0.480 e. The van der Waals surface area contributed by atoms with Crippen molar-refractivity contribution in [1.29, 1.82) is 0 Å². The first-order chi connectivity index (χ1) is 11.8. The molecule has 2 rings (SSSR count). The number of aliphatic hydroxyl groups excluding tert-OH is 1. The summed E-state index contributed by atoms with van der Waals surface area (Å²) in [5, 5.41) is 18.6. The van der Waals surface area contributed by atoms with E-state index in [1.807, 2.05) is 24.3 Å². The Morgan fingerprint density at radius 2 is 1.27 bits per heavy atom. The molecular formula is C19H26Cl2N2O3. The Kier molecular flexibility index (Phi) is 11.9. The smallest absolute Gasteiger partial charge is 0.320 e. The third kappa shape index (κ3) is 9.75. The molecule has 2 aromatic carbocycles. The zero-order chi connectivity index (χ0) is 18.8. The first-order valence-corrected chi connectivity index (χ1v) is 8.41. The van der Waals surface area contributed by atoms with Gasteiger partial charge in [-0.15, -0.1) is 0 Å². The van der Waals surface area contributed by atoms with Gasteiger partial charge in [-0.25, -0.2) is 0 Å². The van der Waals surface area contributed by atoms with Crippen molar-refractivity contribution in [1.82, 2.24) is 0 Å². The summed E-state index contributed by atoms with van der Waals surface area (Å²) in [5.74, 6) is -0.991. The Hall–Kier alpha value is -1.63. The van der Waals surface area contributed by atoms with Crippen molar-refractivity contribution in [3.63, 3.8) is 0 Å². The van der Waals surface area contributed by atoms with E-state index in [0.717, 1.165) is 16.1 Å². The summed E-state index contributed by atoms with van der Waals surface area (Å²) in [6.07, 6.45) is 1.01. The summed E-state index contributed by atoms with van der Waals surface area (Å²) in [6.45, 7) is 0.0165. The summed E-state index contributed by atoms with van der Waals surface area (Å²) < 4.78 is 0. The molecular weight excluding hydrogens is 375 g/mol. The predicted octanol–water partition coefficient (Wildman–Crippen LogP) is 3.13. The van der Waals surface area contributed by atoms with Gasteiger partial charge in [0.2, 0.25) is 0 Å². The van der Waals surface area contributed by atoms with Gasteiger partial charge in [0.15, 0.2) is 0 Å². The molecule has 0 aromatic heterocycles. The molecule has 0 saturated heterocycles. The van der Waals surface area contributed by atoms with Crippen LogP contribution in [-0.4, -0.2) is 34.9 Å². The molecule has 0 aliphatic rings. The number of benzene rings is 2. The average molecular weight is 401 g/mol. The standard InChI is InChI=1S/C9H10ClNO2.C9H12ClNO.CH4/c10-7-3-1-6(2-4-7)5-8(11)9(12)13;10-8-3-1-7(2-4-8)5-9(11)6-12;/h1-4,8H,5,11H2,(H,12,13);1-4,9,12H,5-6,11H2;1H4. The molecule has 26 heavy (non-hydrogen) atoms. The minimum atomic E-state index is -0.991. The van der Waals surface area contributed by atoms with Crippen molar-refractivity contribution in [2.24, 2.45) is 11.5 Å². The first-order valence-electron chi connectivity index (χ1n) is 7.65. The molecule has 0 aliphatic heterocycles. The van der Waals surface area contributed by atoms with Gasteiger partial charge >= 0.3 is 5.97 Å². The summed E-state index contributed by atoms with van der Waals surface area (Å²) in [6, 6.07) is 13.4. The SMILES string of the molecule is C.NC(CO)Cc1ccc(Cl)cc1.NC(Cc1ccc(Cl)cc1)C(=O)O. The van der Waals surface area contributed by atoms with Crippen molar-refractivity contribution >= 4 is 29.2 Å². The number of carboxylic acid groups (broad SMARTS) is 1. The van der Waals surface area contributed by atoms with E-state index in [9.17, 15) is 4.79 Å². The highest BCUT2D eigenvalue weighted by molar-refractivity contribution is 6.30. The van der Waals surface area contributed by atoms with Crippen LogP contribution in [-0.2, 0) is 17.6 Å². The van der Waals surface area contributed by atoms with Gasteiger partial charge in [0.25, 0.3) is 0 Å². The van der Waals surface area contributed by atoms with E-state index in [1.165, 1.54) is 0 Å². The van der Waals surface area contributed by atoms with Gasteiger partial charge in [-0.3, -0.25) is 4.79 Å². The van der Waals surface area contributed by atoms with Crippen LogP contribution in [0, 0.1) is 0 Å². The van der Waals surface area contributed by atoms with Crippen molar-refractivity contribution in [2.45, 2.75) is 32.4 Å². The average Bonchev–Trinajstić information content (AvgIpc) is 2.59. The Morgan fingerprint density at radius 3 is 1.62 bits per heavy atom. The highest BCUT2D eigenvalue weighted by Gasteiger charge is 2.11. The second kappa shape index (κ2) is 12.7. The Labute approximate surface area is 164 Å². The molecule has 2 unspecified atom stereocenters. The zero-order valence-electron chi connectivity index (χ0n) is 13.6. The van der Waals surface area contributed by atoms with E-state index in [2.05, 4.69) is 0 Å². The number of aliphatic hydroxyl groups is 1. The molecule has 0 amide bonds. The molecule has 6 N–H and O–H groups in total. The number of carboxylic acids is 1. The van der Waals surface area contributed by atoms with Crippen molar-refractivity contribution in [3.8, 4) is 0 Å². The molecule has 2 aromatic rings. The van der Waals surface area contributed by atoms with E-state index in [0.29, 0.717) is 17.9 Å². The monoisotopic (exact) mass is 400 g/mol. The summed E-state index contributed by atoms with van der Waals surface area (Å²) >= 11 is 11.4.